The van der Waals surface area contributed by atoms with E-state index >= 15 is 0 Å². The predicted molar refractivity (Wildman–Crippen MR) is 123 cm³/mol. The van der Waals surface area contributed by atoms with Crippen LogP contribution in [0.15, 0.2) is 71.9 Å². The summed E-state index contributed by atoms with van der Waals surface area (Å²) < 4.78 is 0. The number of nitrogens with zero attached hydrogens (tertiary/aromatic N) is 2. The minimum atomic E-state index is -0.462. The van der Waals surface area contributed by atoms with Crippen LogP contribution in [-0.4, -0.2) is 16.6 Å². The fourth-order valence-corrected chi connectivity index (χ4v) is 4.95. The van der Waals surface area contributed by atoms with E-state index in [9.17, 15) is 19.7 Å². The molecular formula is C26H22N2O4. The van der Waals surface area contributed by atoms with E-state index in [2.05, 4.69) is 0 Å². The number of hydrogen-bond donors (Lipinski definition) is 0. The van der Waals surface area contributed by atoms with E-state index in [0.717, 1.165) is 21.9 Å². The van der Waals surface area contributed by atoms with Crippen LogP contribution in [-0.2, 0) is 9.59 Å². The zero-order valence-electron chi connectivity index (χ0n) is 17.7. The van der Waals surface area contributed by atoms with Gasteiger partial charge in [0, 0.05) is 36.1 Å². The van der Waals surface area contributed by atoms with Crippen LogP contribution >= 0.6 is 0 Å². The molecule has 1 atom stereocenters. The van der Waals surface area contributed by atoms with Crippen molar-refractivity contribution in [2.45, 2.75) is 38.5 Å². The van der Waals surface area contributed by atoms with Gasteiger partial charge >= 0.3 is 0 Å². The first-order valence-electron chi connectivity index (χ1n) is 10.8. The molecule has 5 rings (SSSR count). The van der Waals surface area contributed by atoms with Crippen molar-refractivity contribution in [2.24, 2.45) is 0 Å². The van der Waals surface area contributed by atoms with Crippen LogP contribution in [0.1, 0.15) is 42.7 Å². The normalized spacial score (nSPS) is 18.8. The minimum Gasteiger partial charge on any atom is -0.294 e. The summed E-state index contributed by atoms with van der Waals surface area (Å²) in [4.78, 5) is 39.2. The van der Waals surface area contributed by atoms with Gasteiger partial charge in [-0.1, -0.05) is 48.5 Å². The Kier molecular flexibility index (Phi) is 4.85. The van der Waals surface area contributed by atoms with Crippen molar-refractivity contribution < 1.29 is 14.5 Å². The molecule has 3 aromatic carbocycles. The van der Waals surface area contributed by atoms with Crippen LogP contribution in [0, 0.1) is 17.0 Å². The molecule has 0 aromatic heterocycles. The van der Waals surface area contributed by atoms with Gasteiger partial charge < -0.3 is 0 Å². The first-order chi connectivity index (χ1) is 15.4. The highest BCUT2D eigenvalue weighted by Gasteiger charge is 2.41. The number of nitro groups is 1. The van der Waals surface area contributed by atoms with Gasteiger partial charge in [-0.2, -0.15) is 0 Å². The van der Waals surface area contributed by atoms with E-state index in [4.69, 9.17) is 0 Å². The zero-order valence-corrected chi connectivity index (χ0v) is 17.7. The van der Waals surface area contributed by atoms with Crippen molar-refractivity contribution in [3.63, 3.8) is 0 Å². The summed E-state index contributed by atoms with van der Waals surface area (Å²) >= 11 is 0. The molecule has 0 saturated heterocycles. The van der Waals surface area contributed by atoms with Crippen LogP contribution in [0.25, 0.3) is 10.8 Å². The monoisotopic (exact) mass is 426 g/mol. The highest BCUT2D eigenvalue weighted by atomic mass is 16.6. The Morgan fingerprint density at radius 3 is 2.53 bits per heavy atom. The number of amides is 1. The van der Waals surface area contributed by atoms with Crippen molar-refractivity contribution in [2.75, 3.05) is 4.90 Å². The molecule has 1 aliphatic carbocycles. The summed E-state index contributed by atoms with van der Waals surface area (Å²) in [7, 11) is 0. The molecule has 32 heavy (non-hydrogen) atoms. The maximum absolute atomic E-state index is 13.4. The van der Waals surface area contributed by atoms with E-state index in [0.29, 0.717) is 30.5 Å². The number of benzene rings is 3. The van der Waals surface area contributed by atoms with Crippen LogP contribution < -0.4 is 4.90 Å². The number of carbonyl (C=O) groups excluding carboxylic acids is 2. The molecule has 6 nitrogen and oxygen atoms in total. The Morgan fingerprint density at radius 2 is 1.75 bits per heavy atom. The molecule has 0 fully saturated rings. The molecule has 0 N–H and O–H groups in total. The van der Waals surface area contributed by atoms with E-state index in [1.807, 2.05) is 42.5 Å². The van der Waals surface area contributed by atoms with Crippen LogP contribution in [0.2, 0.25) is 0 Å². The number of hydrogen-bond acceptors (Lipinski definition) is 4. The van der Waals surface area contributed by atoms with Gasteiger partial charge in [0.1, 0.15) is 5.69 Å². The summed E-state index contributed by atoms with van der Waals surface area (Å²) in [6, 6.07) is 18.9. The molecule has 1 unspecified atom stereocenters. The third-order valence-corrected chi connectivity index (χ3v) is 6.42. The zero-order chi connectivity index (χ0) is 22.4. The van der Waals surface area contributed by atoms with Gasteiger partial charge in [0.25, 0.3) is 5.69 Å². The van der Waals surface area contributed by atoms with E-state index in [-0.39, 0.29) is 35.4 Å². The van der Waals surface area contributed by atoms with Gasteiger partial charge in [0.2, 0.25) is 5.91 Å². The van der Waals surface area contributed by atoms with Gasteiger partial charge in [-0.25, -0.2) is 0 Å². The molecule has 0 saturated carbocycles. The lowest BCUT2D eigenvalue weighted by Gasteiger charge is -2.38. The lowest BCUT2D eigenvalue weighted by Crippen LogP contribution is -2.40. The number of allylic oxidation sites excluding steroid dienone is 2. The van der Waals surface area contributed by atoms with Crippen molar-refractivity contribution in [1.82, 2.24) is 0 Å². The number of nitro benzene ring substituents is 1. The largest absolute Gasteiger partial charge is 0.294 e. The summed E-state index contributed by atoms with van der Waals surface area (Å²) in [5.74, 6) is -0.532. The standard InChI is InChI=1S/C26H22N2O4/c1-16-9-12-21(23(13-16)28(31)32)27-22-7-4-8-24(29)26(22)20(15-25(27)30)19-11-10-17-5-2-3-6-18(17)14-19/h2-3,5-6,9-14,20H,4,7-8,15H2,1H3. The minimum absolute atomic E-state index is 0.0247. The molecular weight excluding hydrogens is 404 g/mol. The fraction of sp³-hybridized carbons (Fsp3) is 0.231. The molecule has 1 heterocycles. The number of carbonyl (C=O) groups is 2. The van der Waals surface area contributed by atoms with Gasteiger partial charge in [-0.3, -0.25) is 24.6 Å². The number of Topliss-reactive ketones (excluding diaryl/α,β-unsaturated/α-hetero) is 1. The van der Waals surface area contributed by atoms with Crippen molar-refractivity contribution >= 4 is 33.8 Å². The average molecular weight is 426 g/mol. The fourth-order valence-electron chi connectivity index (χ4n) is 4.95. The Morgan fingerprint density at radius 1 is 0.969 bits per heavy atom. The van der Waals surface area contributed by atoms with Crippen LogP contribution in [0.4, 0.5) is 11.4 Å². The number of aryl methyl sites for hydroxylation is 1. The average Bonchev–Trinajstić information content (AvgIpc) is 2.78. The molecule has 1 amide bonds. The molecule has 0 spiro atoms. The third-order valence-electron chi connectivity index (χ3n) is 6.42. The Labute approximate surface area is 185 Å². The number of fused-ring (bicyclic) bond motifs is 1. The molecule has 1 aliphatic heterocycles. The Hall–Kier alpha value is -3.80. The van der Waals surface area contributed by atoms with Gasteiger partial charge in [-0.05, 0) is 47.7 Å². The predicted octanol–water partition coefficient (Wildman–Crippen LogP) is 5.58. The maximum Gasteiger partial charge on any atom is 0.293 e. The molecule has 2 aliphatic rings. The third kappa shape index (κ3) is 3.28. The van der Waals surface area contributed by atoms with Crippen LogP contribution in [0.5, 0.6) is 0 Å². The second kappa shape index (κ2) is 7.71. The van der Waals surface area contributed by atoms with Gasteiger partial charge in [0.15, 0.2) is 5.78 Å². The van der Waals surface area contributed by atoms with E-state index in [1.165, 1.54) is 11.0 Å². The topological polar surface area (TPSA) is 80.5 Å². The molecule has 3 aromatic rings. The Balaban J connectivity index is 1.68. The molecule has 0 bridgehead atoms. The van der Waals surface area contributed by atoms with Crippen LogP contribution in [0.3, 0.4) is 0 Å². The summed E-state index contributed by atoms with van der Waals surface area (Å²) in [5.41, 5.74) is 3.03. The first-order valence-corrected chi connectivity index (χ1v) is 10.8. The number of rotatable bonds is 3. The summed E-state index contributed by atoms with van der Waals surface area (Å²) in [5, 5.41) is 13.9. The van der Waals surface area contributed by atoms with E-state index in [1.54, 1.807) is 19.1 Å². The van der Waals surface area contributed by atoms with Crippen molar-refractivity contribution in [3.05, 3.63) is 93.2 Å². The molecule has 0 radical (unpaired) electrons. The first kappa shape index (κ1) is 20.1. The SMILES string of the molecule is Cc1ccc(N2C(=O)CC(c3ccc4ccccc4c3)C3=C2CCCC3=O)c([N+](=O)[O-])c1. The quantitative estimate of drug-likeness (QED) is 0.404. The van der Waals surface area contributed by atoms with Gasteiger partial charge in [-0.15, -0.1) is 0 Å². The maximum atomic E-state index is 13.4. The summed E-state index contributed by atoms with van der Waals surface area (Å²) in [6.07, 6.45) is 1.71. The molecule has 6 heteroatoms. The summed E-state index contributed by atoms with van der Waals surface area (Å²) in [6.45, 7) is 1.78. The molecule has 160 valence electrons. The second-order valence-corrected chi connectivity index (χ2v) is 8.48. The second-order valence-electron chi connectivity index (χ2n) is 8.48. The lowest BCUT2D eigenvalue weighted by atomic mass is 9.76. The highest BCUT2D eigenvalue weighted by Crippen LogP contribution is 2.45. The Bertz CT molecular complexity index is 1320. The smallest absolute Gasteiger partial charge is 0.293 e. The lowest BCUT2D eigenvalue weighted by molar-refractivity contribution is -0.384. The number of ketones is 1. The highest BCUT2D eigenvalue weighted by molar-refractivity contribution is 6.08. The van der Waals surface area contributed by atoms with E-state index < -0.39 is 4.92 Å². The van der Waals surface area contributed by atoms with Crippen molar-refractivity contribution in [1.29, 1.82) is 0 Å². The number of anilines is 1. The van der Waals surface area contributed by atoms with Gasteiger partial charge in [0.05, 0.1) is 4.92 Å². The van der Waals surface area contributed by atoms with Crippen molar-refractivity contribution in [3.8, 4) is 0 Å².